The van der Waals surface area contributed by atoms with Crippen molar-refractivity contribution < 1.29 is 19.7 Å². The maximum absolute atomic E-state index is 12.1. The molecule has 1 rings (SSSR count). The second kappa shape index (κ2) is 12.6. The zero-order valence-corrected chi connectivity index (χ0v) is 17.4. The molecule has 0 fully saturated rings. The highest BCUT2D eigenvalue weighted by Crippen LogP contribution is 2.36. The summed E-state index contributed by atoms with van der Waals surface area (Å²) in [4.78, 5) is 12.1. The average molecular weight is 379 g/mol. The standard InChI is InChI=1S/C23H38O4/c1-4-5-6-7-8-9-10-11-12-13-16-27-22(26)18-23(2,3)20-17-19(24)14-15-21(20)25/h14-15,17,24-25H,4-13,16,18H2,1-3H3. The van der Waals surface area contributed by atoms with Crippen LogP contribution in [0.25, 0.3) is 0 Å². The van der Waals surface area contributed by atoms with Gasteiger partial charge in [-0.05, 0) is 24.6 Å². The van der Waals surface area contributed by atoms with Gasteiger partial charge in [-0.3, -0.25) is 4.79 Å². The molecule has 0 aliphatic heterocycles. The molecule has 0 saturated carbocycles. The van der Waals surface area contributed by atoms with Gasteiger partial charge in [0.1, 0.15) is 11.5 Å². The molecule has 0 aliphatic rings. The SMILES string of the molecule is CCCCCCCCCCCCOC(=O)CC(C)(C)c1cc(O)ccc1O. The predicted molar refractivity (Wildman–Crippen MR) is 110 cm³/mol. The zero-order chi connectivity index (χ0) is 20.1. The average Bonchev–Trinajstić information content (AvgIpc) is 2.61. The van der Waals surface area contributed by atoms with Crippen LogP contribution in [0, 0.1) is 0 Å². The summed E-state index contributed by atoms with van der Waals surface area (Å²) in [5, 5.41) is 19.6. The number of hydrogen-bond donors (Lipinski definition) is 2. The fourth-order valence-corrected chi connectivity index (χ4v) is 3.35. The quantitative estimate of drug-likeness (QED) is 0.229. The maximum atomic E-state index is 12.1. The number of ether oxygens (including phenoxy) is 1. The summed E-state index contributed by atoms with van der Waals surface area (Å²) in [6.07, 6.45) is 12.7. The first-order valence-corrected chi connectivity index (χ1v) is 10.5. The van der Waals surface area contributed by atoms with Crippen LogP contribution in [0.2, 0.25) is 0 Å². The van der Waals surface area contributed by atoms with Crippen molar-refractivity contribution in [1.82, 2.24) is 0 Å². The van der Waals surface area contributed by atoms with Gasteiger partial charge in [0.2, 0.25) is 0 Å². The summed E-state index contributed by atoms with van der Waals surface area (Å²) in [7, 11) is 0. The molecule has 0 radical (unpaired) electrons. The van der Waals surface area contributed by atoms with Crippen LogP contribution in [-0.4, -0.2) is 22.8 Å². The van der Waals surface area contributed by atoms with E-state index in [4.69, 9.17) is 4.74 Å². The Hall–Kier alpha value is -1.71. The van der Waals surface area contributed by atoms with Crippen LogP contribution in [0.5, 0.6) is 11.5 Å². The Balaban J connectivity index is 2.16. The molecule has 0 saturated heterocycles. The summed E-state index contributed by atoms with van der Waals surface area (Å²) in [5.74, 6) is -0.103. The number of rotatable bonds is 14. The first-order valence-electron chi connectivity index (χ1n) is 10.5. The predicted octanol–water partition coefficient (Wildman–Crippen LogP) is 6.23. The molecule has 0 atom stereocenters. The van der Waals surface area contributed by atoms with Crippen LogP contribution >= 0.6 is 0 Å². The van der Waals surface area contributed by atoms with E-state index in [9.17, 15) is 15.0 Å². The number of unbranched alkanes of at least 4 members (excludes halogenated alkanes) is 9. The lowest BCUT2D eigenvalue weighted by Crippen LogP contribution is -2.23. The van der Waals surface area contributed by atoms with Crippen molar-refractivity contribution >= 4 is 5.97 Å². The second-order valence-electron chi connectivity index (χ2n) is 8.16. The lowest BCUT2D eigenvalue weighted by molar-refractivity contribution is -0.145. The molecule has 0 aliphatic carbocycles. The van der Waals surface area contributed by atoms with E-state index in [1.807, 2.05) is 13.8 Å². The Morgan fingerprint density at radius 3 is 2.07 bits per heavy atom. The van der Waals surface area contributed by atoms with Gasteiger partial charge < -0.3 is 14.9 Å². The molecule has 27 heavy (non-hydrogen) atoms. The molecule has 0 bridgehead atoms. The van der Waals surface area contributed by atoms with E-state index < -0.39 is 5.41 Å². The normalized spacial score (nSPS) is 11.5. The van der Waals surface area contributed by atoms with E-state index in [-0.39, 0.29) is 23.9 Å². The molecule has 4 heteroatoms. The molecule has 0 spiro atoms. The molecule has 4 nitrogen and oxygen atoms in total. The minimum absolute atomic E-state index is 0.0783. The van der Waals surface area contributed by atoms with Crippen LogP contribution in [0.3, 0.4) is 0 Å². The van der Waals surface area contributed by atoms with Gasteiger partial charge in [0.25, 0.3) is 0 Å². The van der Waals surface area contributed by atoms with Crippen LogP contribution in [0.4, 0.5) is 0 Å². The molecule has 0 aromatic heterocycles. The first kappa shape index (κ1) is 23.3. The monoisotopic (exact) mass is 378 g/mol. The minimum atomic E-state index is -0.600. The Labute approximate surface area is 164 Å². The fraction of sp³-hybridized carbons (Fsp3) is 0.696. The highest BCUT2D eigenvalue weighted by molar-refractivity contribution is 5.71. The third-order valence-electron chi connectivity index (χ3n) is 5.06. The molecule has 0 heterocycles. The molecular formula is C23H38O4. The smallest absolute Gasteiger partial charge is 0.306 e. The van der Waals surface area contributed by atoms with Gasteiger partial charge in [-0.15, -0.1) is 0 Å². The summed E-state index contributed by atoms with van der Waals surface area (Å²) in [6.45, 7) is 6.42. The van der Waals surface area contributed by atoms with Crippen LogP contribution in [0.15, 0.2) is 18.2 Å². The van der Waals surface area contributed by atoms with Crippen molar-refractivity contribution in [3.8, 4) is 11.5 Å². The molecule has 0 unspecified atom stereocenters. The van der Waals surface area contributed by atoms with Crippen molar-refractivity contribution in [3.63, 3.8) is 0 Å². The Morgan fingerprint density at radius 1 is 0.926 bits per heavy atom. The summed E-state index contributed by atoms with van der Waals surface area (Å²) >= 11 is 0. The maximum Gasteiger partial charge on any atom is 0.306 e. The highest BCUT2D eigenvalue weighted by Gasteiger charge is 2.28. The van der Waals surface area contributed by atoms with Crippen molar-refractivity contribution in [3.05, 3.63) is 23.8 Å². The number of carbonyl (C=O) groups excluding carboxylic acids is 1. The second-order valence-corrected chi connectivity index (χ2v) is 8.16. The van der Waals surface area contributed by atoms with E-state index in [0.29, 0.717) is 12.2 Å². The first-order chi connectivity index (χ1) is 12.9. The molecule has 0 amide bonds. The fourth-order valence-electron chi connectivity index (χ4n) is 3.35. The zero-order valence-electron chi connectivity index (χ0n) is 17.4. The van der Waals surface area contributed by atoms with Gasteiger partial charge >= 0.3 is 5.97 Å². The van der Waals surface area contributed by atoms with Crippen LogP contribution in [0.1, 0.15) is 97.0 Å². The van der Waals surface area contributed by atoms with E-state index >= 15 is 0 Å². The summed E-state index contributed by atoms with van der Waals surface area (Å²) in [6, 6.07) is 4.38. The van der Waals surface area contributed by atoms with Crippen molar-refractivity contribution in [2.45, 2.75) is 96.8 Å². The van der Waals surface area contributed by atoms with Gasteiger partial charge in [-0.25, -0.2) is 0 Å². The number of aromatic hydroxyl groups is 2. The molecule has 2 N–H and O–H groups in total. The van der Waals surface area contributed by atoms with E-state index in [1.54, 1.807) is 0 Å². The summed E-state index contributed by atoms with van der Waals surface area (Å²) in [5.41, 5.74) is -0.0455. The molecular weight excluding hydrogens is 340 g/mol. The lowest BCUT2D eigenvalue weighted by atomic mass is 9.81. The van der Waals surface area contributed by atoms with E-state index in [0.717, 1.165) is 12.8 Å². The van der Waals surface area contributed by atoms with Crippen molar-refractivity contribution in [2.75, 3.05) is 6.61 Å². The Bertz CT molecular complexity index is 551. The topological polar surface area (TPSA) is 66.8 Å². The number of benzene rings is 1. The van der Waals surface area contributed by atoms with Gasteiger partial charge in [0, 0.05) is 11.0 Å². The highest BCUT2D eigenvalue weighted by atomic mass is 16.5. The third-order valence-corrected chi connectivity index (χ3v) is 5.06. The van der Waals surface area contributed by atoms with Gasteiger partial charge in [-0.2, -0.15) is 0 Å². The molecule has 1 aromatic carbocycles. The number of phenols is 2. The van der Waals surface area contributed by atoms with E-state index in [1.165, 1.54) is 69.6 Å². The van der Waals surface area contributed by atoms with Gasteiger partial charge in [0.05, 0.1) is 13.0 Å². The molecule has 1 aromatic rings. The van der Waals surface area contributed by atoms with Crippen molar-refractivity contribution in [1.29, 1.82) is 0 Å². The number of hydrogen-bond acceptors (Lipinski definition) is 4. The lowest BCUT2D eigenvalue weighted by Gasteiger charge is -2.25. The Kier molecular flexibility index (Phi) is 10.9. The van der Waals surface area contributed by atoms with Crippen molar-refractivity contribution in [2.24, 2.45) is 0 Å². The largest absolute Gasteiger partial charge is 0.508 e. The summed E-state index contributed by atoms with van der Waals surface area (Å²) < 4.78 is 5.36. The van der Waals surface area contributed by atoms with Crippen LogP contribution < -0.4 is 0 Å². The molecule has 154 valence electrons. The third kappa shape index (κ3) is 9.69. The van der Waals surface area contributed by atoms with Crippen LogP contribution in [-0.2, 0) is 14.9 Å². The number of esters is 1. The van der Waals surface area contributed by atoms with E-state index in [2.05, 4.69) is 6.92 Å². The minimum Gasteiger partial charge on any atom is -0.508 e. The van der Waals surface area contributed by atoms with Gasteiger partial charge in [0.15, 0.2) is 0 Å². The van der Waals surface area contributed by atoms with Gasteiger partial charge in [-0.1, -0.05) is 78.6 Å². The number of carbonyl (C=O) groups is 1. The number of phenolic OH excluding ortho intramolecular Hbond substituents is 2. The Morgan fingerprint density at radius 2 is 1.48 bits per heavy atom.